The van der Waals surface area contributed by atoms with Gasteiger partial charge < -0.3 is 15.0 Å². The summed E-state index contributed by atoms with van der Waals surface area (Å²) in [6.07, 6.45) is 10.8. The fraction of sp³-hybridized carbons (Fsp3) is 1.00. The van der Waals surface area contributed by atoms with E-state index >= 15 is 0 Å². The molecule has 2 aliphatic rings. The number of hydrogen-bond acceptors (Lipinski definition) is 3. The van der Waals surface area contributed by atoms with Crippen LogP contribution < -0.4 is 5.32 Å². The molecule has 1 aliphatic carbocycles. The quantitative estimate of drug-likeness (QED) is 0.726. The van der Waals surface area contributed by atoms with Gasteiger partial charge in [0.15, 0.2) is 0 Å². The van der Waals surface area contributed by atoms with Gasteiger partial charge in [-0.25, -0.2) is 0 Å². The topological polar surface area (TPSA) is 24.5 Å². The van der Waals surface area contributed by atoms with Crippen molar-refractivity contribution >= 4 is 0 Å². The maximum atomic E-state index is 5.51. The Bertz CT molecular complexity index is 258. The Labute approximate surface area is 125 Å². The number of rotatable bonds is 7. The van der Waals surface area contributed by atoms with E-state index in [-0.39, 0.29) is 0 Å². The molecule has 0 bridgehead atoms. The molecule has 0 aromatic heterocycles. The van der Waals surface area contributed by atoms with Crippen LogP contribution in [-0.2, 0) is 4.74 Å². The van der Waals surface area contributed by atoms with Gasteiger partial charge in [-0.05, 0) is 51.1 Å². The molecule has 0 aromatic rings. The molecular formula is C17H34N2O. The second-order valence-corrected chi connectivity index (χ2v) is 7.00. The first-order valence-electron chi connectivity index (χ1n) is 8.74. The van der Waals surface area contributed by atoms with Crippen molar-refractivity contribution < 1.29 is 4.74 Å². The van der Waals surface area contributed by atoms with Crippen LogP contribution in [0.1, 0.15) is 58.3 Å². The molecule has 20 heavy (non-hydrogen) atoms. The molecule has 3 nitrogen and oxygen atoms in total. The minimum Gasteiger partial charge on any atom is -0.381 e. The molecule has 0 atom stereocenters. The summed E-state index contributed by atoms with van der Waals surface area (Å²) in [5.74, 6) is 0. The van der Waals surface area contributed by atoms with Crippen molar-refractivity contribution in [2.24, 2.45) is 5.41 Å². The number of nitrogens with zero attached hydrogens (tertiary/aromatic N) is 1. The second kappa shape index (κ2) is 8.35. The Morgan fingerprint density at radius 2 is 1.85 bits per heavy atom. The Morgan fingerprint density at radius 1 is 1.15 bits per heavy atom. The lowest BCUT2D eigenvalue weighted by atomic mass is 9.73. The molecule has 0 radical (unpaired) electrons. The molecule has 0 spiro atoms. The van der Waals surface area contributed by atoms with E-state index in [0.29, 0.717) is 5.41 Å². The highest BCUT2D eigenvalue weighted by Gasteiger charge is 2.34. The monoisotopic (exact) mass is 282 g/mol. The lowest BCUT2D eigenvalue weighted by molar-refractivity contribution is 0.0196. The fourth-order valence-corrected chi connectivity index (χ4v) is 4.01. The molecule has 2 fully saturated rings. The molecule has 0 amide bonds. The van der Waals surface area contributed by atoms with Crippen molar-refractivity contribution in [1.29, 1.82) is 0 Å². The van der Waals surface area contributed by atoms with Gasteiger partial charge in [-0.3, -0.25) is 0 Å². The van der Waals surface area contributed by atoms with E-state index in [1.165, 1.54) is 71.0 Å². The van der Waals surface area contributed by atoms with Crippen LogP contribution in [-0.4, -0.2) is 50.8 Å². The zero-order valence-electron chi connectivity index (χ0n) is 13.6. The first-order valence-corrected chi connectivity index (χ1v) is 8.74. The third-order valence-corrected chi connectivity index (χ3v) is 5.24. The molecule has 1 N–H and O–H groups in total. The van der Waals surface area contributed by atoms with Crippen LogP contribution >= 0.6 is 0 Å². The van der Waals surface area contributed by atoms with Crippen LogP contribution in [0.2, 0.25) is 0 Å². The van der Waals surface area contributed by atoms with Gasteiger partial charge in [-0.2, -0.15) is 0 Å². The summed E-state index contributed by atoms with van der Waals surface area (Å²) in [7, 11) is 2.34. The molecule has 3 heteroatoms. The fourth-order valence-electron chi connectivity index (χ4n) is 4.01. The lowest BCUT2D eigenvalue weighted by Gasteiger charge is -2.43. The molecule has 2 rings (SSSR count). The van der Waals surface area contributed by atoms with E-state index in [0.717, 1.165) is 19.3 Å². The molecule has 1 aliphatic heterocycles. The van der Waals surface area contributed by atoms with Gasteiger partial charge in [0, 0.05) is 32.3 Å². The van der Waals surface area contributed by atoms with Gasteiger partial charge in [-0.15, -0.1) is 0 Å². The summed E-state index contributed by atoms with van der Waals surface area (Å²) in [6.45, 7) is 7.83. The standard InChI is InChI=1S/C17H34N2O/c1-3-11-18-14-17(9-5-4-6-10-17)15-19(2)16-7-12-20-13-8-16/h16,18H,3-15H2,1-2H3. The molecular weight excluding hydrogens is 248 g/mol. The predicted molar refractivity (Wildman–Crippen MR) is 85.1 cm³/mol. The van der Waals surface area contributed by atoms with Crippen molar-refractivity contribution in [3.8, 4) is 0 Å². The number of nitrogens with one attached hydrogen (secondary N) is 1. The molecule has 0 unspecified atom stereocenters. The Morgan fingerprint density at radius 3 is 2.50 bits per heavy atom. The molecule has 1 saturated heterocycles. The maximum absolute atomic E-state index is 5.51. The average molecular weight is 282 g/mol. The van der Waals surface area contributed by atoms with Gasteiger partial charge in [-0.1, -0.05) is 26.2 Å². The van der Waals surface area contributed by atoms with Crippen LogP contribution in [0.5, 0.6) is 0 Å². The van der Waals surface area contributed by atoms with Gasteiger partial charge in [0.2, 0.25) is 0 Å². The van der Waals surface area contributed by atoms with Crippen LogP contribution in [0.3, 0.4) is 0 Å². The van der Waals surface area contributed by atoms with E-state index in [9.17, 15) is 0 Å². The summed E-state index contributed by atoms with van der Waals surface area (Å²) in [5, 5.41) is 3.70. The van der Waals surface area contributed by atoms with E-state index in [1.54, 1.807) is 0 Å². The normalized spacial score (nSPS) is 24.1. The third-order valence-electron chi connectivity index (χ3n) is 5.24. The zero-order valence-corrected chi connectivity index (χ0v) is 13.6. The van der Waals surface area contributed by atoms with E-state index in [1.807, 2.05) is 0 Å². The van der Waals surface area contributed by atoms with E-state index < -0.39 is 0 Å². The predicted octanol–water partition coefficient (Wildman–Crippen LogP) is 3.05. The highest BCUT2D eigenvalue weighted by atomic mass is 16.5. The molecule has 1 saturated carbocycles. The first-order chi connectivity index (χ1) is 9.76. The number of hydrogen-bond donors (Lipinski definition) is 1. The lowest BCUT2D eigenvalue weighted by Crippen LogP contribution is -2.48. The SMILES string of the molecule is CCCNCC1(CN(C)C2CCOCC2)CCCCC1. The maximum Gasteiger partial charge on any atom is 0.0480 e. The van der Waals surface area contributed by atoms with E-state index in [4.69, 9.17) is 4.74 Å². The van der Waals surface area contributed by atoms with Gasteiger partial charge in [0.1, 0.15) is 0 Å². The molecule has 118 valence electrons. The van der Waals surface area contributed by atoms with Crippen molar-refractivity contribution in [3.05, 3.63) is 0 Å². The summed E-state index contributed by atoms with van der Waals surface area (Å²) < 4.78 is 5.51. The van der Waals surface area contributed by atoms with Gasteiger partial charge in [0.25, 0.3) is 0 Å². The van der Waals surface area contributed by atoms with Crippen molar-refractivity contribution in [1.82, 2.24) is 10.2 Å². The van der Waals surface area contributed by atoms with Gasteiger partial charge >= 0.3 is 0 Å². The Hall–Kier alpha value is -0.120. The second-order valence-electron chi connectivity index (χ2n) is 7.00. The minimum atomic E-state index is 0.528. The van der Waals surface area contributed by atoms with Crippen molar-refractivity contribution in [2.75, 3.05) is 39.9 Å². The van der Waals surface area contributed by atoms with Crippen LogP contribution in [0.4, 0.5) is 0 Å². The van der Waals surface area contributed by atoms with E-state index in [2.05, 4.69) is 24.2 Å². The largest absolute Gasteiger partial charge is 0.381 e. The summed E-state index contributed by atoms with van der Waals surface area (Å²) >= 11 is 0. The Kier molecular flexibility index (Phi) is 6.79. The van der Waals surface area contributed by atoms with Gasteiger partial charge in [0.05, 0.1) is 0 Å². The first kappa shape index (κ1) is 16.3. The van der Waals surface area contributed by atoms with Crippen LogP contribution in [0.25, 0.3) is 0 Å². The average Bonchev–Trinajstić information content (AvgIpc) is 2.49. The van der Waals surface area contributed by atoms with Crippen LogP contribution in [0.15, 0.2) is 0 Å². The van der Waals surface area contributed by atoms with Crippen molar-refractivity contribution in [3.63, 3.8) is 0 Å². The third kappa shape index (κ3) is 4.71. The highest BCUT2D eigenvalue weighted by Crippen LogP contribution is 2.37. The number of ether oxygens (including phenoxy) is 1. The Balaban J connectivity index is 1.88. The van der Waals surface area contributed by atoms with Crippen LogP contribution in [0, 0.1) is 5.41 Å². The summed E-state index contributed by atoms with van der Waals surface area (Å²) in [5.41, 5.74) is 0.528. The smallest absolute Gasteiger partial charge is 0.0480 e. The summed E-state index contributed by atoms with van der Waals surface area (Å²) in [4.78, 5) is 2.64. The molecule has 0 aromatic carbocycles. The highest BCUT2D eigenvalue weighted by molar-refractivity contribution is 4.89. The van der Waals surface area contributed by atoms with Crippen molar-refractivity contribution in [2.45, 2.75) is 64.3 Å². The molecule has 1 heterocycles. The minimum absolute atomic E-state index is 0.528. The summed E-state index contributed by atoms with van der Waals surface area (Å²) in [6, 6.07) is 0.744. The zero-order chi connectivity index (χ0) is 14.3.